The van der Waals surface area contributed by atoms with Gasteiger partial charge in [0, 0.05) is 17.8 Å². The summed E-state index contributed by atoms with van der Waals surface area (Å²) in [5, 5.41) is 18.5. The van der Waals surface area contributed by atoms with Crippen molar-refractivity contribution in [2.24, 2.45) is 34.0 Å². The third kappa shape index (κ3) is 3.79. The van der Waals surface area contributed by atoms with E-state index in [-0.39, 0.29) is 46.6 Å². The second kappa shape index (κ2) is 8.56. The fraction of sp³-hybridized carbons (Fsp3) is 0.833. The molecular weight excluding hydrogens is 440 g/mol. The van der Waals surface area contributed by atoms with E-state index < -0.39 is 23.0 Å². The summed E-state index contributed by atoms with van der Waals surface area (Å²) in [6.45, 7) is 10.7. The molecule has 0 spiro atoms. The van der Waals surface area contributed by atoms with Gasteiger partial charge >= 0.3 is 5.97 Å². The van der Waals surface area contributed by atoms with Crippen LogP contribution in [0.25, 0.3) is 0 Å². The molecule has 0 aromatic carbocycles. The van der Waals surface area contributed by atoms with Gasteiger partial charge in [0.2, 0.25) is 11.1 Å². The van der Waals surface area contributed by atoms with E-state index in [0.29, 0.717) is 18.0 Å². The standard InChI is InChI=1S/C24H38N4O4S/c1-6-22(4)11-16(32-17(30)12-33-21-26-20(25)27-28-21)23(5)13(2)7-9-24(14(3)19(22)31)10-8-15(29)18(23)24/h13-14,16,18-19,31H,6-12H2,1-5H3,(H3,25,26,27,28)/t13?,14-,16-,18-,19-,22-,23+,24+/m1/s1. The molecule has 1 aromatic heterocycles. The molecular formula is C24H38N4O4S. The van der Waals surface area contributed by atoms with Gasteiger partial charge in [-0.15, -0.1) is 5.10 Å². The minimum atomic E-state index is -0.555. The van der Waals surface area contributed by atoms with Gasteiger partial charge in [0.1, 0.15) is 11.9 Å². The van der Waals surface area contributed by atoms with E-state index in [0.717, 1.165) is 25.7 Å². The van der Waals surface area contributed by atoms with Crippen LogP contribution in [0, 0.1) is 34.0 Å². The Bertz CT molecular complexity index is 924. The highest BCUT2D eigenvalue weighted by molar-refractivity contribution is 7.99. The zero-order valence-electron chi connectivity index (χ0n) is 20.4. The molecule has 8 nitrogen and oxygen atoms in total. The Morgan fingerprint density at radius 3 is 2.70 bits per heavy atom. The highest BCUT2D eigenvalue weighted by Crippen LogP contribution is 2.68. The number of aliphatic hydroxyl groups excluding tert-OH is 1. The maximum Gasteiger partial charge on any atom is 0.316 e. The number of nitrogens with one attached hydrogen (secondary N) is 1. The lowest BCUT2D eigenvalue weighted by molar-refractivity contribution is -0.211. The molecule has 0 radical (unpaired) electrons. The summed E-state index contributed by atoms with van der Waals surface area (Å²) < 4.78 is 6.23. The number of hydrogen-bond acceptors (Lipinski definition) is 8. The lowest BCUT2D eigenvalue weighted by atomic mass is 9.43. The Morgan fingerprint density at radius 2 is 2.06 bits per heavy atom. The number of nitrogens with two attached hydrogens (primary N) is 1. The number of aromatic amines is 1. The summed E-state index contributed by atoms with van der Waals surface area (Å²) in [4.78, 5) is 30.5. The number of ether oxygens (including phenoxy) is 1. The van der Waals surface area contributed by atoms with Crippen LogP contribution >= 0.6 is 11.8 Å². The molecule has 184 valence electrons. The average Bonchev–Trinajstić information content (AvgIpc) is 3.36. The Balaban J connectivity index is 1.69. The quantitative estimate of drug-likeness (QED) is 0.432. The second-order valence-corrected chi connectivity index (χ2v) is 12.1. The van der Waals surface area contributed by atoms with Crippen molar-refractivity contribution in [2.45, 2.75) is 90.5 Å². The summed E-state index contributed by atoms with van der Waals surface area (Å²) in [7, 11) is 0. The maximum atomic E-state index is 13.4. The molecule has 0 aliphatic heterocycles. The van der Waals surface area contributed by atoms with Crippen LogP contribution in [0.15, 0.2) is 5.16 Å². The summed E-state index contributed by atoms with van der Waals surface area (Å²) in [5.74, 6) is 0.239. The van der Waals surface area contributed by atoms with E-state index in [1.807, 2.05) is 0 Å². The highest BCUT2D eigenvalue weighted by Gasteiger charge is 2.68. The van der Waals surface area contributed by atoms with Gasteiger partial charge in [-0.25, -0.2) is 5.10 Å². The van der Waals surface area contributed by atoms with Gasteiger partial charge in [-0.1, -0.05) is 46.4 Å². The second-order valence-electron chi connectivity index (χ2n) is 11.2. The van der Waals surface area contributed by atoms with Crippen molar-refractivity contribution in [1.82, 2.24) is 15.2 Å². The lowest BCUT2D eigenvalue weighted by Crippen LogP contribution is -2.63. The number of nitrogens with zero attached hydrogens (tertiary/aromatic N) is 2. The molecule has 3 fully saturated rings. The predicted octanol–water partition coefficient (Wildman–Crippen LogP) is 3.61. The molecule has 4 N–H and O–H groups in total. The first kappa shape index (κ1) is 24.5. The molecule has 1 aromatic rings. The van der Waals surface area contributed by atoms with E-state index in [1.54, 1.807) is 0 Å². The van der Waals surface area contributed by atoms with Crippen molar-refractivity contribution in [3.63, 3.8) is 0 Å². The van der Waals surface area contributed by atoms with Crippen molar-refractivity contribution in [3.05, 3.63) is 0 Å². The van der Waals surface area contributed by atoms with Gasteiger partial charge < -0.3 is 15.6 Å². The number of ketones is 1. The molecule has 1 heterocycles. The number of carbonyl (C=O) groups excluding carboxylic acids is 2. The Kier molecular flexibility index (Phi) is 6.36. The molecule has 3 saturated carbocycles. The number of esters is 1. The molecule has 3 aliphatic rings. The van der Waals surface area contributed by atoms with Crippen LogP contribution in [0.5, 0.6) is 0 Å². The predicted molar refractivity (Wildman–Crippen MR) is 126 cm³/mol. The number of nitrogen functional groups attached to an aromatic ring is 1. The third-order valence-corrected chi connectivity index (χ3v) is 10.6. The summed E-state index contributed by atoms with van der Waals surface area (Å²) >= 11 is 1.17. The van der Waals surface area contributed by atoms with Crippen molar-refractivity contribution in [3.8, 4) is 0 Å². The van der Waals surface area contributed by atoms with Crippen LogP contribution in [0.1, 0.15) is 73.1 Å². The fourth-order valence-electron chi connectivity index (χ4n) is 7.35. The van der Waals surface area contributed by atoms with E-state index in [2.05, 4.69) is 49.8 Å². The van der Waals surface area contributed by atoms with Crippen LogP contribution in [0.2, 0.25) is 0 Å². The molecule has 0 saturated heterocycles. The van der Waals surface area contributed by atoms with Crippen molar-refractivity contribution >= 4 is 29.5 Å². The van der Waals surface area contributed by atoms with Crippen LogP contribution < -0.4 is 5.73 Å². The molecule has 9 heteroatoms. The van der Waals surface area contributed by atoms with Crippen LogP contribution in [-0.4, -0.2) is 50.0 Å². The van der Waals surface area contributed by atoms with Crippen LogP contribution in [0.4, 0.5) is 5.95 Å². The first-order chi connectivity index (χ1) is 15.5. The number of thioether (sulfide) groups is 1. The first-order valence-electron chi connectivity index (χ1n) is 12.2. The molecule has 3 aliphatic carbocycles. The first-order valence-corrected chi connectivity index (χ1v) is 13.2. The zero-order valence-corrected chi connectivity index (χ0v) is 21.2. The normalized spacial score (nSPS) is 43.0. The largest absolute Gasteiger partial charge is 0.461 e. The van der Waals surface area contributed by atoms with Gasteiger partial charge in [0.15, 0.2) is 0 Å². The van der Waals surface area contributed by atoms with Crippen LogP contribution in [0.3, 0.4) is 0 Å². The molecule has 4 rings (SSSR count). The summed E-state index contributed by atoms with van der Waals surface area (Å²) in [5.41, 5.74) is 4.47. The topological polar surface area (TPSA) is 131 Å². The molecule has 0 amide bonds. The van der Waals surface area contributed by atoms with Gasteiger partial charge in [0.25, 0.3) is 0 Å². The maximum absolute atomic E-state index is 13.4. The number of aliphatic hydroxyl groups is 1. The van der Waals surface area contributed by atoms with Crippen LogP contribution in [-0.2, 0) is 14.3 Å². The van der Waals surface area contributed by atoms with E-state index >= 15 is 0 Å². The minimum absolute atomic E-state index is 0.0223. The average molecular weight is 479 g/mol. The van der Waals surface area contributed by atoms with E-state index in [9.17, 15) is 14.7 Å². The Labute approximate surface area is 200 Å². The van der Waals surface area contributed by atoms with Gasteiger partial charge in [-0.05, 0) is 54.8 Å². The number of H-pyrrole nitrogens is 1. The van der Waals surface area contributed by atoms with Gasteiger partial charge in [-0.3, -0.25) is 9.59 Å². The molecule has 1 unspecified atom stereocenters. The van der Waals surface area contributed by atoms with E-state index in [4.69, 9.17) is 10.5 Å². The van der Waals surface area contributed by atoms with Gasteiger partial charge in [-0.2, -0.15) is 4.98 Å². The molecule has 8 atom stereocenters. The van der Waals surface area contributed by atoms with Crippen molar-refractivity contribution in [1.29, 1.82) is 0 Å². The van der Waals surface area contributed by atoms with Crippen molar-refractivity contribution in [2.75, 3.05) is 11.5 Å². The van der Waals surface area contributed by atoms with E-state index in [1.165, 1.54) is 11.8 Å². The minimum Gasteiger partial charge on any atom is -0.461 e. The number of hydrogen-bond donors (Lipinski definition) is 3. The Morgan fingerprint density at radius 1 is 1.33 bits per heavy atom. The third-order valence-electron chi connectivity index (χ3n) is 9.78. The summed E-state index contributed by atoms with van der Waals surface area (Å²) in [6.07, 6.45) is 3.60. The number of rotatable bonds is 5. The molecule has 2 bridgehead atoms. The number of anilines is 1. The fourth-order valence-corrected chi connectivity index (χ4v) is 7.93. The monoisotopic (exact) mass is 478 g/mol. The number of carbonyl (C=O) groups is 2. The lowest BCUT2D eigenvalue weighted by Gasteiger charge is -2.62. The Hall–Kier alpha value is -1.61. The SMILES string of the molecule is CC[C@]1(C)C[C@@H](OC(=O)CSc2n[nH]c(N)n2)[C@]2(C)C(C)CC[C@]3(CCC(=O)[C@@H]32)[C@H](C)[C@H]1O. The number of aromatic nitrogens is 3. The van der Waals surface area contributed by atoms with Gasteiger partial charge in [0.05, 0.1) is 11.9 Å². The summed E-state index contributed by atoms with van der Waals surface area (Å²) in [6, 6.07) is 0. The zero-order chi connectivity index (χ0) is 24.2. The smallest absolute Gasteiger partial charge is 0.316 e. The molecule has 33 heavy (non-hydrogen) atoms. The highest BCUT2D eigenvalue weighted by atomic mass is 32.2. The number of Topliss-reactive ketones (excluding diaryl/α,β-unsaturated/α-hetero) is 1. The van der Waals surface area contributed by atoms with Crippen molar-refractivity contribution < 1.29 is 19.4 Å².